The Kier molecular flexibility index (Phi) is 5.42. The van der Waals surface area contributed by atoms with Gasteiger partial charge < -0.3 is 0 Å². The van der Waals surface area contributed by atoms with Gasteiger partial charge in [-0.15, -0.1) is 0 Å². The number of hydrogen-bond acceptors (Lipinski definition) is 1. The molecule has 0 heterocycles. The van der Waals surface area contributed by atoms with Crippen LogP contribution in [0.2, 0.25) is 5.02 Å². The molecule has 0 amide bonds. The Labute approximate surface area is 127 Å². The van der Waals surface area contributed by atoms with E-state index in [1.54, 1.807) is 13.0 Å². The topological polar surface area (TPSA) is 17.1 Å². The molecule has 0 N–H and O–H groups in total. The van der Waals surface area contributed by atoms with Gasteiger partial charge in [-0.3, -0.25) is 4.79 Å². The van der Waals surface area contributed by atoms with Crippen LogP contribution >= 0.6 is 11.6 Å². The lowest BCUT2D eigenvalue weighted by atomic mass is 9.90. The van der Waals surface area contributed by atoms with Crippen molar-refractivity contribution in [1.82, 2.24) is 0 Å². The molecule has 1 aromatic carbocycles. The Balaban J connectivity index is 2.23. The van der Waals surface area contributed by atoms with Crippen molar-refractivity contribution in [3.05, 3.63) is 40.4 Å². The van der Waals surface area contributed by atoms with Crippen LogP contribution in [0.15, 0.2) is 24.3 Å². The molecule has 0 bridgehead atoms. The number of allylic oxidation sites excluding steroid dienone is 2. The van der Waals surface area contributed by atoms with Gasteiger partial charge in [0, 0.05) is 5.02 Å². The largest absolute Gasteiger partial charge is 0.295 e. The molecule has 20 heavy (non-hydrogen) atoms. The smallest absolute Gasteiger partial charge is 0.152 e. The molecule has 0 spiro atoms. The Morgan fingerprint density at radius 1 is 1.15 bits per heavy atom. The summed E-state index contributed by atoms with van der Waals surface area (Å²) in [5.41, 5.74) is 3.31. The molecule has 1 fully saturated rings. The maximum atomic E-state index is 11.2. The van der Waals surface area contributed by atoms with Crippen LogP contribution < -0.4 is 0 Å². The van der Waals surface area contributed by atoms with Crippen molar-refractivity contribution in [1.29, 1.82) is 0 Å². The summed E-state index contributed by atoms with van der Waals surface area (Å²) in [5, 5.41) is 0.853. The van der Waals surface area contributed by atoms with E-state index in [1.807, 2.05) is 13.0 Å². The number of halogens is 1. The summed E-state index contributed by atoms with van der Waals surface area (Å²) in [6.45, 7) is 3.53. The summed E-state index contributed by atoms with van der Waals surface area (Å²) >= 11 is 6.48. The third kappa shape index (κ3) is 3.96. The highest BCUT2D eigenvalue weighted by molar-refractivity contribution is 6.31. The predicted octanol–water partition coefficient (Wildman–Crippen LogP) is 5.77. The normalized spacial score (nSPS) is 17.9. The highest BCUT2D eigenvalue weighted by Crippen LogP contribution is 2.36. The van der Waals surface area contributed by atoms with Gasteiger partial charge in [-0.05, 0) is 61.4 Å². The third-order valence-corrected chi connectivity index (χ3v) is 4.50. The zero-order chi connectivity index (χ0) is 14.5. The molecule has 0 saturated heterocycles. The van der Waals surface area contributed by atoms with Crippen LogP contribution in [-0.2, 0) is 4.79 Å². The third-order valence-electron chi connectivity index (χ3n) is 4.17. The average Bonchev–Trinajstić information content (AvgIpc) is 2.66. The minimum atomic E-state index is 0.0754. The summed E-state index contributed by atoms with van der Waals surface area (Å²) in [7, 11) is 0. The molecule has 1 nitrogen and oxygen atoms in total. The number of benzene rings is 1. The van der Waals surface area contributed by atoms with Gasteiger partial charge in [0.1, 0.15) is 0 Å². The second kappa shape index (κ2) is 7.08. The summed E-state index contributed by atoms with van der Waals surface area (Å²) in [5.74, 6) is 0.683. The van der Waals surface area contributed by atoms with E-state index in [0.29, 0.717) is 5.92 Å². The van der Waals surface area contributed by atoms with E-state index in [4.69, 9.17) is 11.6 Å². The Bertz CT molecular complexity index is 508. The Hall–Kier alpha value is -1.08. The van der Waals surface area contributed by atoms with E-state index >= 15 is 0 Å². The number of carbonyl (C=O) groups excluding carboxylic acids is 1. The van der Waals surface area contributed by atoms with Gasteiger partial charge in [-0.1, -0.05) is 49.4 Å². The first-order chi connectivity index (χ1) is 9.58. The number of carbonyl (C=O) groups is 1. The SMILES string of the molecule is CC(=O)/C=C(/C)c1ccc(C2CCCCCC2)c(Cl)c1. The maximum absolute atomic E-state index is 11.2. The molecule has 0 aromatic heterocycles. The standard InChI is InChI=1S/C18H23ClO/c1-13(11-14(2)20)16-9-10-17(18(19)12-16)15-7-5-3-4-6-8-15/h9-12,15H,3-8H2,1-2H3/b13-11-. The van der Waals surface area contributed by atoms with Crippen molar-refractivity contribution in [2.45, 2.75) is 58.3 Å². The molecule has 2 rings (SSSR count). The van der Waals surface area contributed by atoms with E-state index < -0.39 is 0 Å². The fourth-order valence-electron chi connectivity index (χ4n) is 3.08. The van der Waals surface area contributed by atoms with Crippen molar-refractivity contribution in [3.8, 4) is 0 Å². The Morgan fingerprint density at radius 3 is 2.35 bits per heavy atom. The molecule has 108 valence electrons. The van der Waals surface area contributed by atoms with Gasteiger partial charge in [0.25, 0.3) is 0 Å². The summed E-state index contributed by atoms with van der Waals surface area (Å²) < 4.78 is 0. The van der Waals surface area contributed by atoms with Crippen molar-refractivity contribution in [2.24, 2.45) is 0 Å². The average molecular weight is 291 g/mol. The quantitative estimate of drug-likeness (QED) is 0.510. The highest BCUT2D eigenvalue weighted by Gasteiger charge is 2.17. The minimum absolute atomic E-state index is 0.0754. The maximum Gasteiger partial charge on any atom is 0.152 e. The lowest BCUT2D eigenvalue weighted by Gasteiger charge is -2.17. The van der Waals surface area contributed by atoms with Crippen LogP contribution in [0, 0.1) is 0 Å². The van der Waals surface area contributed by atoms with E-state index in [2.05, 4.69) is 12.1 Å². The second-order valence-corrected chi connectivity index (χ2v) is 6.27. The fraction of sp³-hybridized carbons (Fsp3) is 0.500. The minimum Gasteiger partial charge on any atom is -0.295 e. The van der Waals surface area contributed by atoms with Crippen molar-refractivity contribution < 1.29 is 4.79 Å². The molecule has 0 aliphatic heterocycles. The lowest BCUT2D eigenvalue weighted by Crippen LogP contribution is -1.99. The van der Waals surface area contributed by atoms with Crippen molar-refractivity contribution >= 4 is 23.0 Å². The molecule has 0 unspecified atom stereocenters. The first-order valence-corrected chi connectivity index (χ1v) is 7.94. The van der Waals surface area contributed by atoms with Gasteiger partial charge in [0.05, 0.1) is 0 Å². The second-order valence-electron chi connectivity index (χ2n) is 5.86. The van der Waals surface area contributed by atoms with E-state index in [9.17, 15) is 4.79 Å². The molecular weight excluding hydrogens is 268 g/mol. The monoisotopic (exact) mass is 290 g/mol. The van der Waals surface area contributed by atoms with Gasteiger partial charge in [-0.25, -0.2) is 0 Å². The number of ketones is 1. The fourth-order valence-corrected chi connectivity index (χ4v) is 3.42. The van der Waals surface area contributed by atoms with Crippen molar-refractivity contribution in [2.75, 3.05) is 0 Å². The van der Waals surface area contributed by atoms with Crippen LogP contribution in [0.4, 0.5) is 0 Å². The zero-order valence-electron chi connectivity index (χ0n) is 12.4. The van der Waals surface area contributed by atoms with Crippen LogP contribution in [0.25, 0.3) is 5.57 Å². The zero-order valence-corrected chi connectivity index (χ0v) is 13.2. The van der Waals surface area contributed by atoms with Gasteiger partial charge in [0.15, 0.2) is 5.78 Å². The van der Waals surface area contributed by atoms with Crippen LogP contribution in [0.3, 0.4) is 0 Å². The molecule has 2 heteroatoms. The van der Waals surface area contributed by atoms with Crippen LogP contribution in [0.1, 0.15) is 69.4 Å². The Morgan fingerprint density at radius 2 is 1.80 bits per heavy atom. The summed E-state index contributed by atoms with van der Waals surface area (Å²) in [6, 6.07) is 6.27. The van der Waals surface area contributed by atoms with Gasteiger partial charge >= 0.3 is 0 Å². The molecule has 1 saturated carbocycles. The summed E-state index contributed by atoms with van der Waals surface area (Å²) in [6.07, 6.45) is 9.50. The predicted molar refractivity (Wildman–Crippen MR) is 86.2 cm³/mol. The molecule has 1 aliphatic rings. The summed E-state index contributed by atoms with van der Waals surface area (Å²) in [4.78, 5) is 11.2. The lowest BCUT2D eigenvalue weighted by molar-refractivity contribution is -0.112. The molecule has 1 aromatic rings. The molecule has 1 aliphatic carbocycles. The first-order valence-electron chi connectivity index (χ1n) is 7.56. The highest BCUT2D eigenvalue weighted by atomic mass is 35.5. The number of rotatable bonds is 3. The first kappa shape index (κ1) is 15.3. The van der Waals surface area contributed by atoms with E-state index in [-0.39, 0.29) is 5.78 Å². The molecular formula is C18H23ClO. The van der Waals surface area contributed by atoms with E-state index in [0.717, 1.165) is 16.2 Å². The van der Waals surface area contributed by atoms with Crippen LogP contribution in [0.5, 0.6) is 0 Å². The molecule has 0 radical (unpaired) electrons. The van der Waals surface area contributed by atoms with Crippen LogP contribution in [-0.4, -0.2) is 5.78 Å². The van der Waals surface area contributed by atoms with Crippen molar-refractivity contribution in [3.63, 3.8) is 0 Å². The van der Waals surface area contributed by atoms with Gasteiger partial charge in [0.2, 0.25) is 0 Å². The van der Waals surface area contributed by atoms with E-state index in [1.165, 1.54) is 44.1 Å². The van der Waals surface area contributed by atoms with Gasteiger partial charge in [-0.2, -0.15) is 0 Å². The molecule has 0 atom stereocenters. The number of hydrogen-bond donors (Lipinski definition) is 0.